The van der Waals surface area contributed by atoms with Crippen LogP contribution in [-0.2, 0) is 4.79 Å². The second-order valence-corrected chi connectivity index (χ2v) is 6.40. The lowest BCUT2D eigenvalue weighted by atomic mass is 9.74. The molecule has 1 rings (SSSR count). The van der Waals surface area contributed by atoms with Crippen LogP contribution in [0.15, 0.2) is 12.7 Å². The molecule has 0 saturated heterocycles. The fraction of sp³-hybridized carbons (Fsp3) is 0.824. The van der Waals surface area contributed by atoms with Gasteiger partial charge in [0.1, 0.15) is 5.78 Å². The summed E-state index contributed by atoms with van der Waals surface area (Å²) < 4.78 is 0. The van der Waals surface area contributed by atoms with E-state index in [2.05, 4.69) is 20.4 Å². The monoisotopic (exact) mass is 250 g/mol. The van der Waals surface area contributed by atoms with Gasteiger partial charge in [0.25, 0.3) is 0 Å². The van der Waals surface area contributed by atoms with E-state index in [4.69, 9.17) is 0 Å². The van der Waals surface area contributed by atoms with Crippen molar-refractivity contribution >= 4 is 5.78 Å². The minimum absolute atomic E-state index is 0.0621. The van der Waals surface area contributed by atoms with Crippen LogP contribution in [0.2, 0.25) is 0 Å². The van der Waals surface area contributed by atoms with Gasteiger partial charge in [-0.2, -0.15) is 0 Å². The Balaban J connectivity index is 2.38. The van der Waals surface area contributed by atoms with Crippen molar-refractivity contribution in [2.75, 3.05) is 0 Å². The molecule has 0 aromatic carbocycles. The number of ketones is 1. The average molecular weight is 250 g/mol. The Morgan fingerprint density at radius 2 is 1.89 bits per heavy atom. The topological polar surface area (TPSA) is 17.1 Å². The molecule has 0 N–H and O–H groups in total. The molecule has 1 nitrogen and oxygen atoms in total. The molecule has 18 heavy (non-hydrogen) atoms. The van der Waals surface area contributed by atoms with Gasteiger partial charge in [-0.15, -0.1) is 6.58 Å². The molecule has 0 aromatic heterocycles. The summed E-state index contributed by atoms with van der Waals surface area (Å²) in [6, 6.07) is 0. The highest BCUT2D eigenvalue weighted by molar-refractivity contribution is 5.85. The molecule has 1 heteroatoms. The third-order valence-corrected chi connectivity index (χ3v) is 4.26. The van der Waals surface area contributed by atoms with Crippen molar-refractivity contribution in [3.05, 3.63) is 12.7 Å². The lowest BCUT2D eigenvalue weighted by Gasteiger charge is -2.29. The molecule has 0 spiro atoms. The third-order valence-electron chi connectivity index (χ3n) is 4.26. The molecule has 0 amide bonds. The summed E-state index contributed by atoms with van der Waals surface area (Å²) in [6.45, 7) is 8.23. The van der Waals surface area contributed by atoms with Crippen molar-refractivity contribution in [2.45, 2.75) is 78.1 Å². The quantitative estimate of drug-likeness (QED) is 0.401. The highest BCUT2D eigenvalue weighted by atomic mass is 16.1. The minimum atomic E-state index is 0.0621. The Hall–Kier alpha value is -0.590. The summed E-state index contributed by atoms with van der Waals surface area (Å²) >= 11 is 0. The zero-order chi connectivity index (χ0) is 13.4. The predicted octanol–water partition coefficient (Wildman–Crippen LogP) is 5.30. The molecule has 0 heterocycles. The fourth-order valence-electron chi connectivity index (χ4n) is 3.45. The summed E-state index contributed by atoms with van der Waals surface area (Å²) in [5.74, 6) is 1.21. The number of allylic oxidation sites excluding steroid dienone is 1. The van der Waals surface area contributed by atoms with Gasteiger partial charge < -0.3 is 0 Å². The second-order valence-electron chi connectivity index (χ2n) is 6.40. The van der Waals surface area contributed by atoms with Crippen molar-refractivity contribution in [3.63, 3.8) is 0 Å². The molecular weight excluding hydrogens is 220 g/mol. The number of hydrogen-bond donors (Lipinski definition) is 0. The molecule has 104 valence electrons. The van der Waals surface area contributed by atoms with E-state index in [1.807, 2.05) is 6.08 Å². The van der Waals surface area contributed by atoms with E-state index in [-0.39, 0.29) is 5.41 Å². The van der Waals surface area contributed by atoms with Crippen molar-refractivity contribution in [1.29, 1.82) is 0 Å². The molecule has 1 aliphatic carbocycles. The summed E-state index contributed by atoms with van der Waals surface area (Å²) in [7, 11) is 0. The van der Waals surface area contributed by atoms with Crippen molar-refractivity contribution < 1.29 is 4.79 Å². The standard InChI is InChI=1S/C17H30O/c1-4-5-6-7-8-11-16(18)17(14-15(2)3)12-9-10-13-17/h4,15H,1,5-14H2,2-3H3. The van der Waals surface area contributed by atoms with Crippen LogP contribution >= 0.6 is 0 Å². The van der Waals surface area contributed by atoms with Gasteiger partial charge in [-0.05, 0) is 44.4 Å². The summed E-state index contributed by atoms with van der Waals surface area (Å²) in [4.78, 5) is 12.5. The smallest absolute Gasteiger partial charge is 0.139 e. The zero-order valence-electron chi connectivity index (χ0n) is 12.3. The number of carbonyl (C=O) groups excluding carboxylic acids is 1. The van der Waals surface area contributed by atoms with E-state index in [0.29, 0.717) is 11.7 Å². The summed E-state index contributed by atoms with van der Waals surface area (Å²) in [6.07, 6.45) is 13.2. The van der Waals surface area contributed by atoms with Gasteiger partial charge in [0.15, 0.2) is 0 Å². The van der Waals surface area contributed by atoms with Crippen LogP contribution in [0, 0.1) is 11.3 Å². The first kappa shape index (κ1) is 15.5. The first-order valence-corrected chi connectivity index (χ1v) is 7.75. The number of carbonyl (C=O) groups is 1. The van der Waals surface area contributed by atoms with Crippen LogP contribution in [0.25, 0.3) is 0 Å². The maximum absolute atomic E-state index is 12.5. The molecule has 0 unspecified atom stereocenters. The SMILES string of the molecule is C=CCCCCCC(=O)C1(CC(C)C)CCCC1. The first-order chi connectivity index (χ1) is 8.60. The Labute approximate surface area is 113 Å². The molecule has 1 fully saturated rings. The summed E-state index contributed by atoms with van der Waals surface area (Å²) in [5, 5.41) is 0. The van der Waals surface area contributed by atoms with Gasteiger partial charge in [-0.3, -0.25) is 4.79 Å². The zero-order valence-corrected chi connectivity index (χ0v) is 12.3. The molecule has 0 aromatic rings. The van der Waals surface area contributed by atoms with Crippen LogP contribution in [0.3, 0.4) is 0 Å². The van der Waals surface area contributed by atoms with E-state index in [1.54, 1.807) is 0 Å². The molecule has 0 radical (unpaired) electrons. The molecule has 1 aliphatic rings. The summed E-state index contributed by atoms with van der Waals surface area (Å²) in [5.41, 5.74) is 0.0621. The maximum atomic E-state index is 12.5. The van der Waals surface area contributed by atoms with Gasteiger partial charge in [-0.1, -0.05) is 39.2 Å². The number of Topliss-reactive ketones (excluding diaryl/α,β-unsaturated/α-hetero) is 1. The highest BCUT2D eigenvalue weighted by Gasteiger charge is 2.40. The Bertz CT molecular complexity index is 259. The Morgan fingerprint density at radius 1 is 1.22 bits per heavy atom. The van der Waals surface area contributed by atoms with E-state index >= 15 is 0 Å². The van der Waals surface area contributed by atoms with E-state index in [1.165, 1.54) is 25.7 Å². The third kappa shape index (κ3) is 4.59. The van der Waals surface area contributed by atoms with Crippen molar-refractivity contribution in [3.8, 4) is 0 Å². The molecular formula is C17H30O. The Morgan fingerprint density at radius 3 is 2.44 bits per heavy atom. The van der Waals surface area contributed by atoms with Crippen LogP contribution < -0.4 is 0 Å². The minimum Gasteiger partial charge on any atom is -0.299 e. The van der Waals surface area contributed by atoms with Crippen LogP contribution in [0.1, 0.15) is 78.1 Å². The van der Waals surface area contributed by atoms with Gasteiger partial charge in [0.2, 0.25) is 0 Å². The predicted molar refractivity (Wildman–Crippen MR) is 78.6 cm³/mol. The maximum Gasteiger partial charge on any atom is 0.139 e. The van der Waals surface area contributed by atoms with Crippen LogP contribution in [0.5, 0.6) is 0 Å². The fourth-order valence-corrected chi connectivity index (χ4v) is 3.45. The Kier molecular flexibility index (Phi) is 6.67. The van der Waals surface area contributed by atoms with Gasteiger partial charge in [-0.25, -0.2) is 0 Å². The number of hydrogen-bond acceptors (Lipinski definition) is 1. The largest absolute Gasteiger partial charge is 0.299 e. The van der Waals surface area contributed by atoms with Gasteiger partial charge in [0, 0.05) is 11.8 Å². The van der Waals surface area contributed by atoms with E-state index in [9.17, 15) is 4.79 Å². The van der Waals surface area contributed by atoms with Crippen LogP contribution in [-0.4, -0.2) is 5.78 Å². The average Bonchev–Trinajstić information content (AvgIpc) is 2.77. The molecule has 0 atom stereocenters. The highest BCUT2D eigenvalue weighted by Crippen LogP contribution is 2.44. The molecule has 0 aliphatic heterocycles. The molecule has 0 bridgehead atoms. The van der Waals surface area contributed by atoms with E-state index < -0.39 is 0 Å². The molecule has 1 saturated carbocycles. The van der Waals surface area contributed by atoms with Crippen LogP contribution in [0.4, 0.5) is 0 Å². The normalized spacial score (nSPS) is 18.2. The number of rotatable bonds is 9. The lowest BCUT2D eigenvalue weighted by Crippen LogP contribution is -2.29. The van der Waals surface area contributed by atoms with Crippen molar-refractivity contribution in [2.24, 2.45) is 11.3 Å². The number of unbranched alkanes of at least 4 members (excludes halogenated alkanes) is 3. The van der Waals surface area contributed by atoms with Gasteiger partial charge in [0.05, 0.1) is 0 Å². The van der Waals surface area contributed by atoms with Gasteiger partial charge >= 0.3 is 0 Å². The first-order valence-electron chi connectivity index (χ1n) is 7.75. The van der Waals surface area contributed by atoms with Crippen molar-refractivity contribution in [1.82, 2.24) is 0 Å². The second kappa shape index (κ2) is 7.76. The van der Waals surface area contributed by atoms with E-state index in [0.717, 1.165) is 38.5 Å². The lowest BCUT2D eigenvalue weighted by molar-refractivity contribution is -0.129.